The number of nitrogens with one attached hydrogen (secondary N) is 1. The predicted octanol–water partition coefficient (Wildman–Crippen LogP) is 3.83. The van der Waals surface area contributed by atoms with Gasteiger partial charge in [-0.05, 0) is 38.7 Å². The van der Waals surface area contributed by atoms with Gasteiger partial charge in [-0.1, -0.05) is 33.1 Å². The van der Waals surface area contributed by atoms with Crippen LogP contribution < -0.4 is 5.32 Å². The summed E-state index contributed by atoms with van der Waals surface area (Å²) in [5.74, 6) is 1.73. The van der Waals surface area contributed by atoms with Gasteiger partial charge in [0.2, 0.25) is 5.91 Å². The van der Waals surface area contributed by atoms with E-state index in [0.29, 0.717) is 42.8 Å². The van der Waals surface area contributed by atoms with Crippen molar-refractivity contribution in [1.82, 2.24) is 10.2 Å². The smallest absolute Gasteiger partial charge is 0.257 e. The van der Waals surface area contributed by atoms with E-state index in [-0.39, 0.29) is 11.8 Å². The van der Waals surface area contributed by atoms with Gasteiger partial charge in [0.05, 0.1) is 5.56 Å². The maximum atomic E-state index is 12.9. The maximum absolute atomic E-state index is 12.9. The lowest BCUT2D eigenvalue weighted by atomic mass is 9.95. The number of hydrogen-bond donors (Lipinski definition) is 1. The van der Waals surface area contributed by atoms with Crippen LogP contribution in [0, 0.1) is 19.8 Å². The fraction of sp³-hybridized carbons (Fsp3) is 0.700. The van der Waals surface area contributed by atoms with Crippen molar-refractivity contribution in [2.45, 2.75) is 72.3 Å². The SMILES string of the molecule is Cc1cc(C(=O)N(CCC(=O)NC2CCCCC2)CC(C)C)c(C)o1. The van der Waals surface area contributed by atoms with Gasteiger partial charge in [-0.3, -0.25) is 9.59 Å². The Morgan fingerprint density at radius 1 is 1.24 bits per heavy atom. The van der Waals surface area contributed by atoms with Crippen molar-refractivity contribution >= 4 is 11.8 Å². The second kappa shape index (κ2) is 9.07. The highest BCUT2D eigenvalue weighted by molar-refractivity contribution is 5.95. The fourth-order valence-corrected chi connectivity index (χ4v) is 3.51. The number of aryl methyl sites for hydroxylation is 2. The molecule has 140 valence electrons. The molecule has 0 atom stereocenters. The van der Waals surface area contributed by atoms with Crippen molar-refractivity contribution in [3.8, 4) is 0 Å². The first-order valence-corrected chi connectivity index (χ1v) is 9.52. The summed E-state index contributed by atoms with van der Waals surface area (Å²) >= 11 is 0. The number of hydrogen-bond acceptors (Lipinski definition) is 3. The van der Waals surface area contributed by atoms with Gasteiger partial charge >= 0.3 is 0 Å². The zero-order valence-corrected chi connectivity index (χ0v) is 16.1. The minimum atomic E-state index is -0.0477. The van der Waals surface area contributed by atoms with Gasteiger partial charge in [-0.25, -0.2) is 0 Å². The molecule has 1 aromatic heterocycles. The predicted molar refractivity (Wildman–Crippen MR) is 98.6 cm³/mol. The monoisotopic (exact) mass is 348 g/mol. The summed E-state index contributed by atoms with van der Waals surface area (Å²) < 4.78 is 5.49. The molecule has 1 aliphatic carbocycles. The molecule has 5 heteroatoms. The average molecular weight is 348 g/mol. The molecule has 1 N–H and O–H groups in total. The molecule has 25 heavy (non-hydrogen) atoms. The summed E-state index contributed by atoms with van der Waals surface area (Å²) in [7, 11) is 0. The van der Waals surface area contributed by atoms with E-state index in [2.05, 4.69) is 19.2 Å². The molecule has 0 spiro atoms. The van der Waals surface area contributed by atoms with Gasteiger partial charge in [-0.2, -0.15) is 0 Å². The largest absolute Gasteiger partial charge is 0.466 e. The highest BCUT2D eigenvalue weighted by Crippen LogP contribution is 2.19. The average Bonchev–Trinajstić information content (AvgIpc) is 2.90. The zero-order valence-electron chi connectivity index (χ0n) is 16.1. The highest BCUT2D eigenvalue weighted by Gasteiger charge is 2.22. The Hall–Kier alpha value is -1.78. The van der Waals surface area contributed by atoms with Gasteiger partial charge in [0, 0.05) is 25.6 Å². The Bertz CT molecular complexity index is 586. The summed E-state index contributed by atoms with van der Waals surface area (Å²) in [5, 5.41) is 3.13. The third-order valence-corrected chi connectivity index (χ3v) is 4.72. The molecule has 0 unspecified atom stereocenters. The van der Waals surface area contributed by atoms with Gasteiger partial charge in [0.1, 0.15) is 11.5 Å². The summed E-state index contributed by atoms with van der Waals surface area (Å²) in [6.45, 7) is 8.89. The molecule has 1 fully saturated rings. The van der Waals surface area contributed by atoms with E-state index in [0.717, 1.165) is 18.6 Å². The molecule has 1 aromatic rings. The van der Waals surface area contributed by atoms with E-state index in [4.69, 9.17) is 4.42 Å². The maximum Gasteiger partial charge on any atom is 0.257 e. The molecule has 1 saturated carbocycles. The minimum Gasteiger partial charge on any atom is -0.466 e. The molecule has 2 rings (SSSR count). The van der Waals surface area contributed by atoms with Crippen LogP contribution in [0.15, 0.2) is 10.5 Å². The summed E-state index contributed by atoms with van der Waals surface area (Å²) in [5.41, 5.74) is 0.603. The molecular formula is C20H32N2O3. The molecule has 0 bridgehead atoms. The van der Waals surface area contributed by atoms with Crippen LogP contribution in [0.2, 0.25) is 0 Å². The molecule has 0 radical (unpaired) electrons. The molecule has 1 heterocycles. The number of furan rings is 1. The Kier molecular flexibility index (Phi) is 7.09. The number of carbonyl (C=O) groups is 2. The quantitative estimate of drug-likeness (QED) is 0.814. The van der Waals surface area contributed by atoms with E-state index in [1.807, 2.05) is 13.8 Å². The van der Waals surface area contributed by atoms with E-state index < -0.39 is 0 Å². The van der Waals surface area contributed by atoms with Crippen LogP contribution in [0.3, 0.4) is 0 Å². The molecule has 0 aliphatic heterocycles. The Morgan fingerprint density at radius 3 is 2.48 bits per heavy atom. The molecule has 5 nitrogen and oxygen atoms in total. The van der Waals surface area contributed by atoms with Crippen LogP contribution in [0.5, 0.6) is 0 Å². The van der Waals surface area contributed by atoms with Crippen LogP contribution in [0.1, 0.15) is 74.3 Å². The molecule has 0 aromatic carbocycles. The Labute approximate surface area is 151 Å². The lowest BCUT2D eigenvalue weighted by Crippen LogP contribution is -2.40. The number of rotatable bonds is 7. The fourth-order valence-electron chi connectivity index (χ4n) is 3.51. The van der Waals surface area contributed by atoms with Crippen LogP contribution in [0.25, 0.3) is 0 Å². The third kappa shape index (κ3) is 5.91. The summed E-state index contributed by atoms with van der Waals surface area (Å²) in [6, 6.07) is 2.10. The van der Waals surface area contributed by atoms with Crippen molar-refractivity contribution in [3.63, 3.8) is 0 Å². The lowest BCUT2D eigenvalue weighted by Gasteiger charge is -2.26. The second-order valence-electron chi connectivity index (χ2n) is 7.62. The molecule has 2 amide bonds. The van der Waals surface area contributed by atoms with Crippen LogP contribution >= 0.6 is 0 Å². The van der Waals surface area contributed by atoms with Gasteiger partial charge in [0.25, 0.3) is 5.91 Å². The van der Waals surface area contributed by atoms with E-state index in [9.17, 15) is 9.59 Å². The van der Waals surface area contributed by atoms with Gasteiger partial charge in [-0.15, -0.1) is 0 Å². The second-order valence-corrected chi connectivity index (χ2v) is 7.62. The van der Waals surface area contributed by atoms with E-state index >= 15 is 0 Å². The summed E-state index contributed by atoms with van der Waals surface area (Å²) in [6.07, 6.45) is 6.17. The standard InChI is InChI=1S/C20H32N2O3/c1-14(2)13-22(20(24)18-12-15(3)25-16(18)4)11-10-19(23)21-17-8-6-5-7-9-17/h12,14,17H,5-11,13H2,1-4H3,(H,21,23). The number of nitrogens with zero attached hydrogens (tertiary/aromatic N) is 1. The van der Waals surface area contributed by atoms with Crippen LogP contribution in [-0.2, 0) is 4.79 Å². The highest BCUT2D eigenvalue weighted by atomic mass is 16.3. The first-order valence-electron chi connectivity index (χ1n) is 9.52. The molecule has 1 aliphatic rings. The van der Waals surface area contributed by atoms with Gasteiger partial charge in [0.15, 0.2) is 0 Å². The Balaban J connectivity index is 1.93. The van der Waals surface area contributed by atoms with Crippen molar-refractivity contribution in [1.29, 1.82) is 0 Å². The van der Waals surface area contributed by atoms with Crippen LogP contribution in [-0.4, -0.2) is 35.8 Å². The molecule has 0 saturated heterocycles. The van der Waals surface area contributed by atoms with Gasteiger partial charge < -0.3 is 14.6 Å². The Morgan fingerprint density at radius 2 is 1.92 bits per heavy atom. The topological polar surface area (TPSA) is 62.6 Å². The van der Waals surface area contributed by atoms with Crippen molar-refractivity contribution < 1.29 is 14.0 Å². The number of carbonyl (C=O) groups excluding carboxylic acids is 2. The van der Waals surface area contributed by atoms with Crippen molar-refractivity contribution in [2.24, 2.45) is 5.92 Å². The van der Waals surface area contributed by atoms with Crippen molar-refractivity contribution in [2.75, 3.05) is 13.1 Å². The zero-order chi connectivity index (χ0) is 18.4. The lowest BCUT2D eigenvalue weighted by molar-refractivity contribution is -0.122. The summed E-state index contributed by atoms with van der Waals surface area (Å²) in [4.78, 5) is 26.9. The normalized spacial score (nSPS) is 15.4. The van der Waals surface area contributed by atoms with E-state index in [1.165, 1.54) is 19.3 Å². The first kappa shape index (κ1) is 19.5. The van der Waals surface area contributed by atoms with Crippen LogP contribution in [0.4, 0.5) is 0 Å². The minimum absolute atomic E-state index is 0.0477. The third-order valence-electron chi connectivity index (χ3n) is 4.72. The van der Waals surface area contributed by atoms with Crippen molar-refractivity contribution in [3.05, 3.63) is 23.2 Å². The van der Waals surface area contributed by atoms with E-state index in [1.54, 1.807) is 11.0 Å². The first-order chi connectivity index (χ1) is 11.9. The molecular weight excluding hydrogens is 316 g/mol. The number of amides is 2.